The van der Waals surface area contributed by atoms with Crippen molar-refractivity contribution < 1.29 is 0 Å². The molecule has 7 nitrogen and oxygen atoms in total. The lowest BCUT2D eigenvalue weighted by molar-refractivity contribution is 0.707. The van der Waals surface area contributed by atoms with E-state index in [4.69, 9.17) is 17.3 Å². The van der Waals surface area contributed by atoms with Gasteiger partial charge in [0.2, 0.25) is 5.43 Å². The van der Waals surface area contributed by atoms with Gasteiger partial charge in [-0.2, -0.15) is 0 Å². The molecular formula is C9H9ClN4O3. The van der Waals surface area contributed by atoms with Crippen LogP contribution in [-0.2, 0) is 14.1 Å². The first-order chi connectivity index (χ1) is 7.86. The Morgan fingerprint density at radius 1 is 1.18 bits per heavy atom. The fraction of sp³-hybridized carbons (Fsp3) is 0.222. The highest BCUT2D eigenvalue weighted by Crippen LogP contribution is 2.13. The molecule has 0 unspecified atom stereocenters. The van der Waals surface area contributed by atoms with Gasteiger partial charge in [0.25, 0.3) is 5.56 Å². The molecule has 0 atom stereocenters. The lowest BCUT2D eigenvalue weighted by atomic mass is 10.3. The summed E-state index contributed by atoms with van der Waals surface area (Å²) in [5.41, 5.74) is 3.32. The minimum absolute atomic E-state index is 0.0577. The van der Waals surface area contributed by atoms with Crippen molar-refractivity contribution >= 4 is 28.3 Å². The summed E-state index contributed by atoms with van der Waals surface area (Å²) in [6.07, 6.45) is 0. The molecule has 2 aromatic heterocycles. The minimum Gasteiger partial charge on any atom is -0.393 e. The van der Waals surface area contributed by atoms with E-state index < -0.39 is 16.7 Å². The monoisotopic (exact) mass is 256 g/mol. The van der Waals surface area contributed by atoms with Crippen molar-refractivity contribution in [2.75, 3.05) is 5.73 Å². The smallest absolute Gasteiger partial charge is 0.332 e. The van der Waals surface area contributed by atoms with Crippen molar-refractivity contribution in [2.24, 2.45) is 14.1 Å². The summed E-state index contributed by atoms with van der Waals surface area (Å²) >= 11 is 5.70. The van der Waals surface area contributed by atoms with Gasteiger partial charge in [-0.3, -0.25) is 18.7 Å². The van der Waals surface area contributed by atoms with Crippen LogP contribution in [0.5, 0.6) is 0 Å². The van der Waals surface area contributed by atoms with Gasteiger partial charge < -0.3 is 10.7 Å². The van der Waals surface area contributed by atoms with Crippen LogP contribution in [0.4, 0.5) is 5.69 Å². The predicted molar refractivity (Wildman–Crippen MR) is 64.5 cm³/mol. The van der Waals surface area contributed by atoms with Gasteiger partial charge >= 0.3 is 5.69 Å². The Hall–Kier alpha value is -2.02. The van der Waals surface area contributed by atoms with Crippen molar-refractivity contribution in [1.29, 1.82) is 0 Å². The Balaban J connectivity index is 3.31. The molecular weight excluding hydrogens is 248 g/mol. The molecule has 2 rings (SSSR count). The average molecular weight is 257 g/mol. The van der Waals surface area contributed by atoms with Crippen molar-refractivity contribution in [1.82, 2.24) is 14.1 Å². The lowest BCUT2D eigenvalue weighted by Crippen LogP contribution is -2.39. The maximum absolute atomic E-state index is 11.8. The molecule has 0 radical (unpaired) electrons. The molecule has 90 valence electrons. The van der Waals surface area contributed by atoms with Crippen LogP contribution in [-0.4, -0.2) is 14.1 Å². The van der Waals surface area contributed by atoms with Crippen LogP contribution in [0.15, 0.2) is 14.4 Å². The SMILES string of the molecule is Cn1c(=O)c2c(=O)c(N)c(Cl)[nH]c2n(C)c1=O. The molecule has 0 saturated carbocycles. The summed E-state index contributed by atoms with van der Waals surface area (Å²) < 4.78 is 1.97. The molecule has 17 heavy (non-hydrogen) atoms. The number of nitrogens with one attached hydrogen (secondary N) is 1. The number of nitrogen functional groups attached to an aromatic ring is 1. The third kappa shape index (κ3) is 1.39. The standard InChI is InChI=1S/C9H9ClN4O3/c1-13-7-3(8(16)14(2)9(13)17)5(15)4(11)6(10)12-7/h11H2,1-2H3,(H,12,15). The van der Waals surface area contributed by atoms with Crippen LogP contribution in [0.1, 0.15) is 0 Å². The molecule has 3 N–H and O–H groups in total. The highest BCUT2D eigenvalue weighted by molar-refractivity contribution is 6.32. The lowest BCUT2D eigenvalue weighted by Gasteiger charge is -2.08. The molecule has 0 amide bonds. The van der Waals surface area contributed by atoms with E-state index in [1.54, 1.807) is 0 Å². The number of aryl methyl sites for hydroxylation is 1. The van der Waals surface area contributed by atoms with E-state index in [0.29, 0.717) is 0 Å². The second-order valence-corrected chi connectivity index (χ2v) is 3.99. The van der Waals surface area contributed by atoms with E-state index in [9.17, 15) is 14.4 Å². The zero-order valence-corrected chi connectivity index (χ0v) is 9.83. The highest BCUT2D eigenvalue weighted by atomic mass is 35.5. The van der Waals surface area contributed by atoms with E-state index in [1.165, 1.54) is 14.1 Å². The van der Waals surface area contributed by atoms with Gasteiger partial charge in [-0.05, 0) is 0 Å². The summed E-state index contributed by atoms with van der Waals surface area (Å²) in [4.78, 5) is 37.9. The number of rotatable bonds is 0. The number of nitrogens with two attached hydrogens (primary N) is 1. The number of pyridine rings is 1. The van der Waals surface area contributed by atoms with Crippen molar-refractivity contribution in [3.05, 3.63) is 36.2 Å². The molecule has 0 spiro atoms. The van der Waals surface area contributed by atoms with Crippen molar-refractivity contribution in [2.45, 2.75) is 0 Å². The van der Waals surface area contributed by atoms with Crippen LogP contribution in [0.2, 0.25) is 5.15 Å². The largest absolute Gasteiger partial charge is 0.393 e. The van der Waals surface area contributed by atoms with E-state index in [2.05, 4.69) is 4.98 Å². The Labute approximate surface area is 99.0 Å². The second kappa shape index (κ2) is 3.49. The zero-order chi connectivity index (χ0) is 12.9. The second-order valence-electron chi connectivity index (χ2n) is 3.61. The molecule has 0 bridgehead atoms. The molecule has 0 aromatic carbocycles. The first-order valence-corrected chi connectivity index (χ1v) is 5.01. The topological polar surface area (TPSA) is 103 Å². The van der Waals surface area contributed by atoms with Gasteiger partial charge in [0, 0.05) is 14.1 Å². The maximum atomic E-state index is 11.8. The summed E-state index contributed by atoms with van der Waals surface area (Å²) in [7, 11) is 2.71. The van der Waals surface area contributed by atoms with Gasteiger partial charge in [-0.15, -0.1) is 0 Å². The summed E-state index contributed by atoms with van der Waals surface area (Å²) in [6.45, 7) is 0. The van der Waals surface area contributed by atoms with Crippen molar-refractivity contribution in [3.8, 4) is 0 Å². The van der Waals surface area contributed by atoms with E-state index >= 15 is 0 Å². The van der Waals surface area contributed by atoms with Crippen LogP contribution in [0, 0.1) is 0 Å². The Morgan fingerprint density at radius 3 is 2.35 bits per heavy atom. The average Bonchev–Trinajstić information content (AvgIpc) is 2.30. The Kier molecular flexibility index (Phi) is 2.35. The molecule has 2 aromatic rings. The summed E-state index contributed by atoms with van der Waals surface area (Å²) in [6, 6.07) is 0. The molecule has 8 heteroatoms. The number of hydrogen-bond acceptors (Lipinski definition) is 4. The van der Waals surface area contributed by atoms with E-state index in [1.807, 2.05) is 0 Å². The number of anilines is 1. The third-order valence-electron chi connectivity index (χ3n) is 2.60. The van der Waals surface area contributed by atoms with E-state index in [-0.39, 0.29) is 21.9 Å². The predicted octanol–water partition coefficient (Wildman–Crippen LogP) is -0.839. The number of aromatic nitrogens is 3. The van der Waals surface area contributed by atoms with Gasteiger partial charge in [0.05, 0.1) is 0 Å². The Bertz CT molecular complexity index is 799. The molecule has 0 aliphatic carbocycles. The zero-order valence-electron chi connectivity index (χ0n) is 9.07. The molecule has 0 fully saturated rings. The number of H-pyrrole nitrogens is 1. The third-order valence-corrected chi connectivity index (χ3v) is 2.90. The van der Waals surface area contributed by atoms with Crippen LogP contribution in [0.25, 0.3) is 11.0 Å². The van der Waals surface area contributed by atoms with Gasteiger partial charge in [0.1, 0.15) is 21.9 Å². The number of fused-ring (bicyclic) bond motifs is 1. The van der Waals surface area contributed by atoms with Crippen molar-refractivity contribution in [3.63, 3.8) is 0 Å². The first-order valence-electron chi connectivity index (χ1n) is 4.63. The number of aromatic amines is 1. The van der Waals surface area contributed by atoms with Crippen LogP contribution in [0.3, 0.4) is 0 Å². The quantitative estimate of drug-likeness (QED) is 0.600. The highest BCUT2D eigenvalue weighted by Gasteiger charge is 2.15. The maximum Gasteiger partial charge on any atom is 0.332 e. The number of nitrogens with zero attached hydrogens (tertiary/aromatic N) is 2. The number of hydrogen-bond donors (Lipinski definition) is 2. The minimum atomic E-state index is -0.701. The molecule has 2 heterocycles. The fourth-order valence-electron chi connectivity index (χ4n) is 1.60. The van der Waals surface area contributed by atoms with Gasteiger partial charge in [-0.1, -0.05) is 11.6 Å². The summed E-state index contributed by atoms with van der Waals surface area (Å²) in [5.74, 6) is 0. The normalized spacial score (nSPS) is 11.0. The summed E-state index contributed by atoms with van der Waals surface area (Å²) in [5, 5.41) is -0.276. The van der Waals surface area contributed by atoms with E-state index in [0.717, 1.165) is 9.13 Å². The van der Waals surface area contributed by atoms with Crippen LogP contribution >= 0.6 is 11.6 Å². The number of halogens is 1. The Morgan fingerprint density at radius 2 is 1.76 bits per heavy atom. The molecule has 0 saturated heterocycles. The van der Waals surface area contributed by atoms with Crippen LogP contribution < -0.4 is 22.4 Å². The van der Waals surface area contributed by atoms with Gasteiger partial charge in [0.15, 0.2) is 0 Å². The molecule has 0 aliphatic heterocycles. The fourth-order valence-corrected chi connectivity index (χ4v) is 1.78. The van der Waals surface area contributed by atoms with Gasteiger partial charge in [-0.25, -0.2) is 4.79 Å². The first kappa shape index (κ1) is 11.5. The molecule has 0 aliphatic rings.